The molecule has 0 fully saturated rings. The van der Waals surface area contributed by atoms with E-state index < -0.39 is 0 Å². The third-order valence-electron chi connectivity index (χ3n) is 2.60. The smallest absolute Gasteiger partial charge is 0.120 e. The van der Waals surface area contributed by atoms with Crippen molar-refractivity contribution in [3.8, 4) is 5.75 Å². The number of hydrogen-bond donors (Lipinski definition) is 1. The zero-order valence-electron chi connectivity index (χ0n) is 10.5. The standard InChI is InChI=1S/C16H17NO/c1-18-16-11-5-10-15(13-16)17-12-6-9-14-7-3-2-4-8-14/h2-11,13,17H,12H2,1H3. The molecule has 2 aromatic rings. The molecule has 0 spiro atoms. The van der Waals surface area contributed by atoms with Crippen LogP contribution in [0.15, 0.2) is 60.7 Å². The summed E-state index contributed by atoms with van der Waals surface area (Å²) in [4.78, 5) is 0. The highest BCUT2D eigenvalue weighted by Crippen LogP contribution is 2.16. The van der Waals surface area contributed by atoms with E-state index in [2.05, 4.69) is 29.6 Å². The molecule has 92 valence electrons. The van der Waals surface area contributed by atoms with Gasteiger partial charge in [-0.3, -0.25) is 0 Å². The minimum absolute atomic E-state index is 0.794. The van der Waals surface area contributed by atoms with Crippen LogP contribution in [0.3, 0.4) is 0 Å². The van der Waals surface area contributed by atoms with E-state index in [9.17, 15) is 0 Å². The predicted octanol–water partition coefficient (Wildman–Crippen LogP) is 3.82. The third kappa shape index (κ3) is 3.67. The van der Waals surface area contributed by atoms with Crippen molar-refractivity contribution >= 4 is 11.8 Å². The number of hydrogen-bond acceptors (Lipinski definition) is 2. The lowest BCUT2D eigenvalue weighted by Crippen LogP contribution is -1.98. The van der Waals surface area contributed by atoms with Crippen molar-refractivity contribution in [1.29, 1.82) is 0 Å². The maximum absolute atomic E-state index is 5.17. The Morgan fingerprint density at radius 3 is 2.67 bits per heavy atom. The molecule has 2 nitrogen and oxygen atoms in total. The van der Waals surface area contributed by atoms with E-state index in [-0.39, 0.29) is 0 Å². The number of nitrogens with one attached hydrogen (secondary N) is 1. The third-order valence-corrected chi connectivity index (χ3v) is 2.60. The van der Waals surface area contributed by atoms with Crippen LogP contribution in [-0.4, -0.2) is 13.7 Å². The zero-order valence-corrected chi connectivity index (χ0v) is 10.5. The molecule has 0 aromatic heterocycles. The fourth-order valence-electron chi connectivity index (χ4n) is 1.67. The van der Waals surface area contributed by atoms with Gasteiger partial charge in [0.2, 0.25) is 0 Å². The first-order chi connectivity index (χ1) is 8.88. The molecule has 0 aliphatic heterocycles. The highest BCUT2D eigenvalue weighted by atomic mass is 16.5. The number of rotatable bonds is 5. The van der Waals surface area contributed by atoms with Gasteiger partial charge in [-0.2, -0.15) is 0 Å². The SMILES string of the molecule is COc1cccc(NCC=Cc2ccccc2)c1. The van der Waals surface area contributed by atoms with Crippen molar-refractivity contribution in [3.05, 3.63) is 66.2 Å². The molecule has 0 aliphatic carbocycles. The number of methoxy groups -OCH3 is 1. The molecule has 0 amide bonds. The van der Waals surface area contributed by atoms with Gasteiger partial charge in [-0.15, -0.1) is 0 Å². The van der Waals surface area contributed by atoms with Crippen molar-refractivity contribution in [1.82, 2.24) is 0 Å². The molecule has 0 radical (unpaired) electrons. The van der Waals surface area contributed by atoms with Crippen LogP contribution in [0, 0.1) is 0 Å². The Kier molecular flexibility index (Phi) is 4.42. The van der Waals surface area contributed by atoms with Gasteiger partial charge in [0, 0.05) is 18.3 Å². The average molecular weight is 239 g/mol. The van der Waals surface area contributed by atoms with Crippen molar-refractivity contribution in [2.24, 2.45) is 0 Å². The quantitative estimate of drug-likeness (QED) is 0.856. The molecule has 0 atom stereocenters. The average Bonchev–Trinajstić information content (AvgIpc) is 2.45. The van der Waals surface area contributed by atoms with E-state index in [0.717, 1.165) is 18.0 Å². The van der Waals surface area contributed by atoms with Crippen molar-refractivity contribution < 1.29 is 4.74 Å². The molecular formula is C16H17NO. The Balaban J connectivity index is 1.86. The van der Waals surface area contributed by atoms with Crippen LogP contribution >= 0.6 is 0 Å². The van der Waals surface area contributed by atoms with E-state index in [1.165, 1.54) is 5.56 Å². The lowest BCUT2D eigenvalue weighted by atomic mass is 10.2. The molecule has 0 unspecified atom stereocenters. The van der Waals surface area contributed by atoms with Gasteiger partial charge in [0.1, 0.15) is 5.75 Å². The first-order valence-corrected chi connectivity index (χ1v) is 5.98. The predicted molar refractivity (Wildman–Crippen MR) is 77.0 cm³/mol. The Labute approximate surface area is 108 Å². The first-order valence-electron chi connectivity index (χ1n) is 5.98. The van der Waals surface area contributed by atoms with Gasteiger partial charge < -0.3 is 10.1 Å². The second-order valence-corrected chi connectivity index (χ2v) is 3.93. The van der Waals surface area contributed by atoms with E-state index in [4.69, 9.17) is 4.74 Å². The number of ether oxygens (including phenoxy) is 1. The Morgan fingerprint density at radius 2 is 1.89 bits per heavy atom. The fourth-order valence-corrected chi connectivity index (χ4v) is 1.67. The van der Waals surface area contributed by atoms with Crippen LogP contribution in [0.1, 0.15) is 5.56 Å². The van der Waals surface area contributed by atoms with E-state index in [1.54, 1.807) is 7.11 Å². The van der Waals surface area contributed by atoms with Gasteiger partial charge >= 0.3 is 0 Å². The Morgan fingerprint density at radius 1 is 1.06 bits per heavy atom. The van der Waals surface area contributed by atoms with Gasteiger partial charge in [-0.1, -0.05) is 48.6 Å². The minimum Gasteiger partial charge on any atom is -0.497 e. The summed E-state index contributed by atoms with van der Waals surface area (Å²) in [5.41, 5.74) is 2.28. The van der Waals surface area contributed by atoms with Gasteiger partial charge in [0.15, 0.2) is 0 Å². The molecule has 18 heavy (non-hydrogen) atoms. The molecule has 0 aliphatic rings. The van der Waals surface area contributed by atoms with Crippen LogP contribution in [-0.2, 0) is 0 Å². The monoisotopic (exact) mass is 239 g/mol. The van der Waals surface area contributed by atoms with Gasteiger partial charge in [0.05, 0.1) is 7.11 Å². The Hall–Kier alpha value is -2.22. The molecular weight excluding hydrogens is 222 g/mol. The molecule has 0 heterocycles. The lowest BCUT2D eigenvalue weighted by Gasteiger charge is -2.05. The van der Waals surface area contributed by atoms with Gasteiger partial charge in [0.25, 0.3) is 0 Å². The molecule has 0 saturated carbocycles. The lowest BCUT2D eigenvalue weighted by molar-refractivity contribution is 0.415. The second-order valence-electron chi connectivity index (χ2n) is 3.93. The molecule has 2 rings (SSSR count). The molecule has 0 saturated heterocycles. The minimum atomic E-state index is 0.794. The molecule has 0 bridgehead atoms. The summed E-state index contributed by atoms with van der Waals surface area (Å²) in [6.07, 6.45) is 4.21. The van der Waals surface area contributed by atoms with Gasteiger partial charge in [-0.05, 0) is 17.7 Å². The first kappa shape index (κ1) is 12.2. The second kappa shape index (κ2) is 6.50. The Bertz CT molecular complexity index is 506. The largest absolute Gasteiger partial charge is 0.497 e. The topological polar surface area (TPSA) is 21.3 Å². The van der Waals surface area contributed by atoms with Crippen molar-refractivity contribution in [2.45, 2.75) is 0 Å². The summed E-state index contributed by atoms with van der Waals surface area (Å²) in [5.74, 6) is 0.868. The number of benzene rings is 2. The van der Waals surface area contributed by atoms with Crippen molar-refractivity contribution in [2.75, 3.05) is 19.0 Å². The maximum Gasteiger partial charge on any atom is 0.120 e. The molecule has 1 N–H and O–H groups in total. The summed E-state index contributed by atoms with van der Waals surface area (Å²) < 4.78 is 5.17. The van der Waals surface area contributed by atoms with Crippen LogP contribution in [0.2, 0.25) is 0 Å². The summed E-state index contributed by atoms with van der Waals surface area (Å²) in [6.45, 7) is 0.794. The van der Waals surface area contributed by atoms with Crippen LogP contribution < -0.4 is 10.1 Å². The maximum atomic E-state index is 5.17. The summed E-state index contributed by atoms with van der Waals surface area (Å²) in [6, 6.07) is 18.2. The van der Waals surface area contributed by atoms with E-state index in [1.807, 2.05) is 42.5 Å². The van der Waals surface area contributed by atoms with Crippen LogP contribution in [0.5, 0.6) is 5.75 Å². The molecule has 2 aromatic carbocycles. The van der Waals surface area contributed by atoms with Crippen LogP contribution in [0.4, 0.5) is 5.69 Å². The van der Waals surface area contributed by atoms with Gasteiger partial charge in [-0.25, -0.2) is 0 Å². The highest BCUT2D eigenvalue weighted by Gasteiger charge is 1.92. The zero-order chi connectivity index (χ0) is 12.6. The van der Waals surface area contributed by atoms with E-state index in [0.29, 0.717) is 0 Å². The van der Waals surface area contributed by atoms with Crippen LogP contribution in [0.25, 0.3) is 6.08 Å². The highest BCUT2D eigenvalue weighted by molar-refractivity contribution is 5.52. The number of anilines is 1. The summed E-state index contributed by atoms with van der Waals surface area (Å²) in [7, 11) is 1.68. The van der Waals surface area contributed by atoms with Crippen molar-refractivity contribution in [3.63, 3.8) is 0 Å². The van der Waals surface area contributed by atoms with E-state index >= 15 is 0 Å². The fraction of sp³-hybridized carbons (Fsp3) is 0.125. The summed E-state index contributed by atoms with van der Waals surface area (Å²) >= 11 is 0. The molecule has 2 heteroatoms. The summed E-state index contributed by atoms with van der Waals surface area (Å²) in [5, 5.41) is 3.32. The normalized spacial score (nSPS) is 10.5.